The van der Waals surface area contributed by atoms with Gasteiger partial charge in [0.25, 0.3) is 0 Å². The molecule has 6 aromatic rings. The minimum Gasteiger partial charge on any atom is -0.134 e. The lowest BCUT2D eigenvalue weighted by atomic mass is 10.1. The van der Waals surface area contributed by atoms with Gasteiger partial charge in [-0.25, -0.2) is 0 Å². The van der Waals surface area contributed by atoms with Gasteiger partial charge in [0.1, 0.15) is 0 Å². The molecule has 2 aromatic heterocycles. The summed E-state index contributed by atoms with van der Waals surface area (Å²) in [6.07, 6.45) is 8.57. The molecule has 0 aliphatic heterocycles. The van der Waals surface area contributed by atoms with Crippen LogP contribution in [0.2, 0.25) is 0 Å². The molecule has 0 aliphatic rings. The van der Waals surface area contributed by atoms with Gasteiger partial charge in [0.15, 0.2) is 0 Å². The van der Waals surface area contributed by atoms with Crippen LogP contribution in [0.3, 0.4) is 0 Å². The molecule has 0 aliphatic carbocycles. The molecule has 192 valence electrons. The summed E-state index contributed by atoms with van der Waals surface area (Å²) in [7, 11) is 0. The Morgan fingerprint density at radius 2 is 0.895 bits per heavy atom. The second kappa shape index (κ2) is 12.9. The SMILES string of the molecule is Brc1ccc2sc3c4cc(Br)ccc4sc3c2c1.CSc1ccc(Br)cc1/C=C/c1cc(Br)ccc1SC. The van der Waals surface area contributed by atoms with Crippen molar-refractivity contribution in [1.29, 1.82) is 0 Å². The zero-order valence-electron chi connectivity index (χ0n) is 20.2. The fourth-order valence-corrected chi connectivity index (χ4v) is 9.26. The van der Waals surface area contributed by atoms with Crippen LogP contribution < -0.4 is 0 Å². The molecule has 0 atom stereocenters. The summed E-state index contributed by atoms with van der Waals surface area (Å²) < 4.78 is 10.0. The number of hydrogen-bond donors (Lipinski definition) is 0. The summed E-state index contributed by atoms with van der Waals surface area (Å²) in [5.74, 6) is 0. The molecule has 38 heavy (non-hydrogen) atoms. The summed E-state index contributed by atoms with van der Waals surface area (Å²) in [5, 5.41) is 2.73. The minimum atomic E-state index is 1.11. The van der Waals surface area contributed by atoms with Gasteiger partial charge in [0.05, 0.1) is 9.40 Å². The van der Waals surface area contributed by atoms with Crippen molar-refractivity contribution >= 4 is 152 Å². The first kappa shape index (κ1) is 28.9. The molecule has 0 nitrogen and oxygen atoms in total. The van der Waals surface area contributed by atoms with Crippen molar-refractivity contribution in [3.8, 4) is 0 Å². The highest BCUT2D eigenvalue weighted by Gasteiger charge is 2.12. The zero-order valence-corrected chi connectivity index (χ0v) is 29.8. The van der Waals surface area contributed by atoms with E-state index in [1.54, 1.807) is 23.5 Å². The molecular weight excluding hydrogens is 808 g/mol. The lowest BCUT2D eigenvalue weighted by Crippen LogP contribution is -1.81. The van der Waals surface area contributed by atoms with E-state index >= 15 is 0 Å². The van der Waals surface area contributed by atoms with E-state index in [0.29, 0.717) is 0 Å². The van der Waals surface area contributed by atoms with Crippen LogP contribution in [0.4, 0.5) is 0 Å². The largest absolute Gasteiger partial charge is 0.134 e. The van der Waals surface area contributed by atoms with Crippen LogP contribution in [0.25, 0.3) is 41.7 Å². The predicted octanol–water partition coefficient (Wildman–Crippen LogP) is 13.6. The Hall–Kier alpha value is -0.580. The summed E-state index contributed by atoms with van der Waals surface area (Å²) >= 11 is 21.5. The van der Waals surface area contributed by atoms with Crippen molar-refractivity contribution in [1.82, 2.24) is 0 Å². The average Bonchev–Trinajstić information content (AvgIpc) is 3.44. The maximum absolute atomic E-state index is 3.56. The third-order valence-electron chi connectivity index (χ3n) is 5.83. The number of fused-ring (bicyclic) bond motifs is 5. The van der Waals surface area contributed by atoms with Gasteiger partial charge in [-0.05, 0) is 96.4 Å². The fourth-order valence-electron chi connectivity index (χ4n) is 4.05. The van der Waals surface area contributed by atoms with Crippen LogP contribution in [-0.2, 0) is 0 Å². The molecule has 0 fully saturated rings. The van der Waals surface area contributed by atoms with Crippen molar-refractivity contribution in [2.75, 3.05) is 12.5 Å². The van der Waals surface area contributed by atoms with Crippen molar-refractivity contribution in [3.05, 3.63) is 102 Å². The Morgan fingerprint density at radius 3 is 1.29 bits per heavy atom. The van der Waals surface area contributed by atoms with Crippen LogP contribution >= 0.6 is 110 Å². The molecule has 0 saturated carbocycles. The quantitative estimate of drug-likeness (QED) is 0.128. The molecule has 0 N–H and O–H groups in total. The van der Waals surface area contributed by atoms with Gasteiger partial charge in [-0.15, -0.1) is 46.2 Å². The van der Waals surface area contributed by atoms with E-state index in [9.17, 15) is 0 Å². The second-order valence-corrected chi connectivity index (χ2v) is 15.7. The number of thiophene rings is 2. The summed E-state index contributed by atoms with van der Waals surface area (Å²) in [6, 6.07) is 25.8. The van der Waals surface area contributed by atoms with Crippen LogP contribution in [-0.4, -0.2) is 12.5 Å². The summed E-state index contributed by atoms with van der Waals surface area (Å²) in [6.45, 7) is 0. The van der Waals surface area contributed by atoms with E-state index in [-0.39, 0.29) is 0 Å². The van der Waals surface area contributed by atoms with E-state index < -0.39 is 0 Å². The normalized spacial score (nSPS) is 11.5. The summed E-state index contributed by atoms with van der Waals surface area (Å²) in [4.78, 5) is 2.57. The fraction of sp³-hybridized carbons (Fsp3) is 0.0667. The van der Waals surface area contributed by atoms with Crippen LogP contribution in [0.5, 0.6) is 0 Å². The lowest BCUT2D eigenvalue weighted by molar-refractivity contribution is 1.39. The van der Waals surface area contributed by atoms with E-state index in [0.717, 1.165) is 17.9 Å². The molecule has 8 heteroatoms. The number of rotatable bonds is 4. The molecule has 0 bridgehead atoms. The standard InChI is InChI=1S/C16H14Br2S2.C14H6Br2S2/c1-19-15-7-5-13(17)9-11(15)3-4-12-10-14(18)6-8-16(12)20-2;15-7-1-3-11-9(5-7)13-14(17-11)10-6-8(16)2-4-12(10)18-13/h3-10H,1-2H3;1-6H/b4-3+;. The topological polar surface area (TPSA) is 0 Å². The number of thioether (sulfide) groups is 2. The number of halogens is 4. The first-order valence-electron chi connectivity index (χ1n) is 11.4. The van der Waals surface area contributed by atoms with Gasteiger partial charge in [-0.3, -0.25) is 0 Å². The van der Waals surface area contributed by atoms with Crippen molar-refractivity contribution in [2.45, 2.75) is 9.79 Å². The van der Waals surface area contributed by atoms with Gasteiger partial charge in [0.2, 0.25) is 0 Å². The van der Waals surface area contributed by atoms with E-state index in [1.165, 1.54) is 50.5 Å². The van der Waals surface area contributed by atoms with Crippen molar-refractivity contribution < 1.29 is 0 Å². The van der Waals surface area contributed by atoms with E-state index in [1.807, 2.05) is 22.7 Å². The Labute approximate surface area is 272 Å². The minimum absolute atomic E-state index is 1.11. The maximum Gasteiger partial charge on any atom is 0.0542 e. The third-order valence-corrected chi connectivity index (χ3v) is 12.0. The first-order valence-corrected chi connectivity index (χ1v) is 18.7. The van der Waals surface area contributed by atoms with Gasteiger partial charge < -0.3 is 0 Å². The molecule has 0 unspecified atom stereocenters. The van der Waals surface area contributed by atoms with Gasteiger partial charge in [-0.1, -0.05) is 75.9 Å². The first-order chi connectivity index (χ1) is 18.4. The van der Waals surface area contributed by atoms with E-state index in [4.69, 9.17) is 0 Å². The molecule has 0 saturated heterocycles. The third kappa shape index (κ3) is 6.49. The highest BCUT2D eigenvalue weighted by molar-refractivity contribution is 9.11. The smallest absolute Gasteiger partial charge is 0.0542 e. The van der Waals surface area contributed by atoms with Gasteiger partial charge in [-0.2, -0.15) is 0 Å². The Kier molecular flexibility index (Phi) is 9.85. The van der Waals surface area contributed by atoms with Crippen LogP contribution in [0, 0.1) is 0 Å². The highest BCUT2D eigenvalue weighted by atomic mass is 79.9. The Bertz CT molecular complexity index is 1670. The Morgan fingerprint density at radius 1 is 0.526 bits per heavy atom. The predicted molar refractivity (Wildman–Crippen MR) is 191 cm³/mol. The van der Waals surface area contributed by atoms with Crippen LogP contribution in [0.1, 0.15) is 11.1 Å². The molecule has 0 amide bonds. The van der Waals surface area contributed by atoms with Crippen molar-refractivity contribution in [3.63, 3.8) is 0 Å². The Balaban J connectivity index is 0.000000155. The highest BCUT2D eigenvalue weighted by Crippen LogP contribution is 2.45. The zero-order chi connectivity index (χ0) is 26.8. The molecule has 4 aromatic carbocycles. The molecule has 0 spiro atoms. The molecule has 2 heterocycles. The van der Waals surface area contributed by atoms with Gasteiger partial charge >= 0.3 is 0 Å². The van der Waals surface area contributed by atoms with Gasteiger partial charge in [0, 0.05) is 47.9 Å². The van der Waals surface area contributed by atoms with E-state index in [2.05, 4.69) is 161 Å². The molecule has 6 rings (SSSR count). The summed E-state index contributed by atoms with van der Waals surface area (Å²) in [5.41, 5.74) is 2.47. The second-order valence-electron chi connectivity index (χ2n) is 8.25. The molecule has 0 radical (unpaired) electrons. The maximum atomic E-state index is 3.56. The number of benzene rings is 4. The molecular formula is C30H20Br4S4. The monoisotopic (exact) mass is 824 g/mol. The lowest BCUT2D eigenvalue weighted by Gasteiger charge is -2.06. The average molecular weight is 828 g/mol. The number of hydrogen-bond acceptors (Lipinski definition) is 4. The van der Waals surface area contributed by atoms with Crippen molar-refractivity contribution in [2.24, 2.45) is 0 Å². The van der Waals surface area contributed by atoms with Crippen LogP contribution in [0.15, 0.2) is 100 Å².